The fraction of sp³-hybridized carbons (Fsp3) is 0.118. The summed E-state index contributed by atoms with van der Waals surface area (Å²) in [5, 5.41) is 4.13. The first kappa shape index (κ1) is 14.3. The molecule has 0 aliphatic carbocycles. The van der Waals surface area contributed by atoms with Crippen molar-refractivity contribution in [2.24, 2.45) is 0 Å². The Morgan fingerprint density at radius 3 is 2.76 bits per heavy atom. The Labute approximate surface area is 135 Å². The van der Waals surface area contributed by atoms with Crippen LogP contribution in [0.15, 0.2) is 53.0 Å². The maximum atomic E-state index is 12.4. The summed E-state index contributed by atoms with van der Waals surface area (Å²) in [4.78, 5) is 13.2. The van der Waals surface area contributed by atoms with Crippen LogP contribution < -0.4 is 5.32 Å². The summed E-state index contributed by atoms with van der Waals surface area (Å²) in [7, 11) is 0. The molecular formula is C17H14BrNOS. The van der Waals surface area contributed by atoms with Crippen molar-refractivity contribution in [1.82, 2.24) is 0 Å². The number of hydrogen-bond acceptors (Lipinski definition) is 2. The Hall–Kier alpha value is -1.65. The van der Waals surface area contributed by atoms with Crippen molar-refractivity contribution >= 4 is 48.9 Å². The number of rotatable bonds is 3. The molecule has 4 heteroatoms. The zero-order valence-corrected chi connectivity index (χ0v) is 13.9. The van der Waals surface area contributed by atoms with Crippen molar-refractivity contribution in [3.63, 3.8) is 0 Å². The largest absolute Gasteiger partial charge is 0.321 e. The standard InChI is InChI=1S/C17H14BrNOS/c1-2-11-9-13(18)7-8-14(11)19-17(20)16-10-12-5-3-4-6-15(12)21-16/h3-10H,2H2,1H3,(H,19,20). The van der Waals surface area contributed by atoms with Gasteiger partial charge < -0.3 is 5.32 Å². The lowest BCUT2D eigenvalue weighted by molar-refractivity contribution is 0.103. The molecule has 0 spiro atoms. The molecule has 0 aliphatic heterocycles. The summed E-state index contributed by atoms with van der Waals surface area (Å²) in [5.41, 5.74) is 2.00. The van der Waals surface area contributed by atoms with Gasteiger partial charge in [0.1, 0.15) is 0 Å². The molecule has 1 amide bonds. The number of nitrogens with one attached hydrogen (secondary N) is 1. The molecule has 0 radical (unpaired) electrons. The molecule has 0 saturated carbocycles. The molecule has 2 aromatic carbocycles. The number of benzene rings is 2. The zero-order chi connectivity index (χ0) is 14.8. The topological polar surface area (TPSA) is 29.1 Å². The van der Waals surface area contributed by atoms with E-state index in [1.807, 2.05) is 48.5 Å². The van der Waals surface area contributed by atoms with E-state index in [9.17, 15) is 4.79 Å². The minimum Gasteiger partial charge on any atom is -0.321 e. The van der Waals surface area contributed by atoms with E-state index >= 15 is 0 Å². The average Bonchev–Trinajstić information content (AvgIpc) is 2.93. The van der Waals surface area contributed by atoms with Gasteiger partial charge >= 0.3 is 0 Å². The quantitative estimate of drug-likeness (QED) is 0.659. The maximum Gasteiger partial charge on any atom is 0.265 e. The van der Waals surface area contributed by atoms with Gasteiger partial charge in [0.2, 0.25) is 0 Å². The summed E-state index contributed by atoms with van der Waals surface area (Å²) in [5.74, 6) is -0.0479. The SMILES string of the molecule is CCc1cc(Br)ccc1NC(=O)c1cc2ccccc2s1. The highest BCUT2D eigenvalue weighted by molar-refractivity contribution is 9.10. The van der Waals surface area contributed by atoms with E-state index in [4.69, 9.17) is 0 Å². The Morgan fingerprint density at radius 2 is 2.00 bits per heavy atom. The molecule has 3 aromatic rings. The third-order valence-corrected chi connectivity index (χ3v) is 4.95. The summed E-state index contributed by atoms with van der Waals surface area (Å²) in [6, 6.07) is 15.9. The second kappa shape index (κ2) is 6.00. The number of amides is 1. The van der Waals surface area contributed by atoms with E-state index in [0.29, 0.717) is 0 Å². The maximum absolute atomic E-state index is 12.4. The zero-order valence-electron chi connectivity index (χ0n) is 11.5. The molecule has 2 nitrogen and oxygen atoms in total. The van der Waals surface area contributed by atoms with Gasteiger partial charge in [0.25, 0.3) is 5.91 Å². The van der Waals surface area contributed by atoms with Crippen LogP contribution >= 0.6 is 27.3 Å². The molecule has 0 bridgehead atoms. The number of thiophene rings is 1. The van der Waals surface area contributed by atoms with Gasteiger partial charge in [0.05, 0.1) is 4.88 Å². The molecule has 0 fully saturated rings. The highest BCUT2D eigenvalue weighted by atomic mass is 79.9. The predicted molar refractivity (Wildman–Crippen MR) is 93.3 cm³/mol. The second-order valence-corrected chi connectivity index (χ2v) is 6.76. The van der Waals surface area contributed by atoms with Crippen LogP contribution in [-0.4, -0.2) is 5.91 Å². The average molecular weight is 360 g/mol. The summed E-state index contributed by atoms with van der Waals surface area (Å²) < 4.78 is 2.16. The number of hydrogen-bond donors (Lipinski definition) is 1. The number of carbonyl (C=O) groups is 1. The predicted octanol–water partition coefficient (Wildman–Crippen LogP) is 5.48. The van der Waals surface area contributed by atoms with E-state index in [1.165, 1.54) is 11.3 Å². The van der Waals surface area contributed by atoms with Gasteiger partial charge in [-0.3, -0.25) is 4.79 Å². The lowest BCUT2D eigenvalue weighted by atomic mass is 10.1. The Bertz CT molecular complexity index is 776. The van der Waals surface area contributed by atoms with Crippen LogP contribution in [-0.2, 0) is 6.42 Å². The van der Waals surface area contributed by atoms with E-state index in [0.717, 1.165) is 37.1 Å². The van der Waals surface area contributed by atoms with Crippen molar-refractivity contribution in [3.05, 3.63) is 63.4 Å². The van der Waals surface area contributed by atoms with Crippen molar-refractivity contribution < 1.29 is 4.79 Å². The van der Waals surface area contributed by atoms with E-state index in [1.54, 1.807) is 0 Å². The van der Waals surface area contributed by atoms with Gasteiger partial charge in [-0.05, 0) is 47.7 Å². The minimum absolute atomic E-state index is 0.0479. The fourth-order valence-electron chi connectivity index (χ4n) is 2.25. The number of carbonyl (C=O) groups excluding carboxylic acids is 1. The van der Waals surface area contributed by atoms with E-state index < -0.39 is 0 Å². The number of halogens is 1. The molecule has 1 heterocycles. The van der Waals surface area contributed by atoms with Gasteiger partial charge in [0.15, 0.2) is 0 Å². The first-order valence-corrected chi connectivity index (χ1v) is 8.36. The van der Waals surface area contributed by atoms with E-state index in [-0.39, 0.29) is 5.91 Å². The lowest BCUT2D eigenvalue weighted by Gasteiger charge is -2.09. The van der Waals surface area contributed by atoms with Crippen LogP contribution in [0.3, 0.4) is 0 Å². The van der Waals surface area contributed by atoms with Crippen LogP contribution in [0.1, 0.15) is 22.2 Å². The third kappa shape index (κ3) is 3.01. The first-order valence-electron chi connectivity index (χ1n) is 6.75. The Morgan fingerprint density at radius 1 is 1.19 bits per heavy atom. The van der Waals surface area contributed by atoms with Crippen LogP contribution in [0.4, 0.5) is 5.69 Å². The van der Waals surface area contributed by atoms with Crippen molar-refractivity contribution in [2.45, 2.75) is 13.3 Å². The molecule has 0 saturated heterocycles. The molecule has 1 aromatic heterocycles. The normalized spacial score (nSPS) is 10.8. The molecule has 1 N–H and O–H groups in total. The third-order valence-electron chi connectivity index (χ3n) is 3.35. The smallest absolute Gasteiger partial charge is 0.265 e. The number of aryl methyl sites for hydroxylation is 1. The van der Waals surface area contributed by atoms with E-state index in [2.05, 4.69) is 28.2 Å². The summed E-state index contributed by atoms with van der Waals surface area (Å²) in [6.07, 6.45) is 0.876. The summed E-state index contributed by atoms with van der Waals surface area (Å²) >= 11 is 4.98. The van der Waals surface area contributed by atoms with Gasteiger partial charge in [-0.1, -0.05) is 41.1 Å². The fourth-order valence-corrected chi connectivity index (χ4v) is 3.62. The molecule has 0 unspecified atom stereocenters. The molecule has 106 valence electrons. The lowest BCUT2D eigenvalue weighted by Crippen LogP contribution is -2.11. The number of fused-ring (bicyclic) bond motifs is 1. The van der Waals surface area contributed by atoms with Gasteiger partial charge in [-0.2, -0.15) is 0 Å². The van der Waals surface area contributed by atoms with Gasteiger partial charge in [-0.25, -0.2) is 0 Å². The Balaban J connectivity index is 1.89. The Kier molecular flexibility index (Phi) is 4.08. The molecule has 21 heavy (non-hydrogen) atoms. The monoisotopic (exact) mass is 359 g/mol. The highest BCUT2D eigenvalue weighted by Gasteiger charge is 2.12. The highest BCUT2D eigenvalue weighted by Crippen LogP contribution is 2.27. The molecule has 0 aliphatic rings. The molecule has 3 rings (SSSR count). The second-order valence-electron chi connectivity index (χ2n) is 4.76. The van der Waals surface area contributed by atoms with Crippen LogP contribution in [0.2, 0.25) is 0 Å². The van der Waals surface area contributed by atoms with Gasteiger partial charge in [0, 0.05) is 14.9 Å². The van der Waals surface area contributed by atoms with Crippen LogP contribution in [0, 0.1) is 0 Å². The number of anilines is 1. The molecular weight excluding hydrogens is 346 g/mol. The van der Waals surface area contributed by atoms with Crippen LogP contribution in [0.25, 0.3) is 10.1 Å². The minimum atomic E-state index is -0.0479. The molecule has 0 atom stereocenters. The van der Waals surface area contributed by atoms with Crippen molar-refractivity contribution in [1.29, 1.82) is 0 Å². The summed E-state index contributed by atoms with van der Waals surface area (Å²) in [6.45, 7) is 2.08. The van der Waals surface area contributed by atoms with Gasteiger partial charge in [-0.15, -0.1) is 11.3 Å². The van der Waals surface area contributed by atoms with Crippen LogP contribution in [0.5, 0.6) is 0 Å². The van der Waals surface area contributed by atoms with Crippen molar-refractivity contribution in [2.75, 3.05) is 5.32 Å². The van der Waals surface area contributed by atoms with Crippen molar-refractivity contribution in [3.8, 4) is 0 Å². The first-order chi connectivity index (χ1) is 10.2.